The summed E-state index contributed by atoms with van der Waals surface area (Å²) in [6.45, 7) is 1.75. The van der Waals surface area contributed by atoms with Gasteiger partial charge in [-0.3, -0.25) is 9.52 Å². The van der Waals surface area contributed by atoms with Crippen LogP contribution in [0.1, 0.15) is 6.92 Å². The minimum Gasteiger partial charge on any atom is -0.465 e. The summed E-state index contributed by atoms with van der Waals surface area (Å²) in [6, 6.07) is 0. The van der Waals surface area contributed by atoms with E-state index in [0.717, 1.165) is 0 Å². The predicted octanol–water partition coefficient (Wildman–Crippen LogP) is -0.286. The molecule has 84 valence electrons. The van der Waals surface area contributed by atoms with Crippen LogP contribution in [0.3, 0.4) is 0 Å². The molecule has 1 rings (SSSR count). The molecule has 0 aliphatic carbocycles. The molecular formula is C7H11N3O4S. The Morgan fingerprint density at radius 3 is 2.93 bits per heavy atom. The van der Waals surface area contributed by atoms with Crippen LogP contribution in [0, 0.1) is 0 Å². The molecule has 0 fully saturated rings. The van der Waals surface area contributed by atoms with Crippen molar-refractivity contribution in [3.63, 3.8) is 0 Å². The van der Waals surface area contributed by atoms with Crippen LogP contribution in [-0.4, -0.2) is 36.7 Å². The van der Waals surface area contributed by atoms with Crippen molar-refractivity contribution in [2.45, 2.75) is 6.92 Å². The van der Waals surface area contributed by atoms with Gasteiger partial charge in [0.25, 0.3) is 0 Å². The summed E-state index contributed by atoms with van der Waals surface area (Å²) in [7, 11) is -3.74. The number of esters is 1. The molecule has 0 aliphatic heterocycles. The van der Waals surface area contributed by atoms with E-state index >= 15 is 0 Å². The smallest absolute Gasteiger partial charge is 0.323 e. The number of aromatic amines is 1. The Morgan fingerprint density at radius 1 is 1.67 bits per heavy atom. The van der Waals surface area contributed by atoms with Gasteiger partial charge in [0.1, 0.15) is 0 Å². The fourth-order valence-electron chi connectivity index (χ4n) is 0.862. The van der Waals surface area contributed by atoms with Gasteiger partial charge in [-0.15, -0.1) is 0 Å². The van der Waals surface area contributed by atoms with E-state index in [1.165, 1.54) is 12.4 Å². The first-order valence-corrected chi connectivity index (χ1v) is 5.84. The van der Waals surface area contributed by atoms with Gasteiger partial charge in [0.2, 0.25) is 16.0 Å². The topological polar surface area (TPSA) is 101 Å². The van der Waals surface area contributed by atoms with Gasteiger partial charge in [-0.25, -0.2) is 13.4 Å². The van der Waals surface area contributed by atoms with E-state index in [-0.39, 0.29) is 12.6 Å². The van der Waals surface area contributed by atoms with E-state index in [0.29, 0.717) is 0 Å². The summed E-state index contributed by atoms with van der Waals surface area (Å²) in [5.74, 6) is -1.45. The van der Waals surface area contributed by atoms with Gasteiger partial charge in [0.05, 0.1) is 6.61 Å². The van der Waals surface area contributed by atoms with Crippen LogP contribution >= 0.6 is 0 Å². The molecule has 0 aromatic carbocycles. The highest BCUT2D eigenvalue weighted by Gasteiger charge is 2.17. The van der Waals surface area contributed by atoms with Crippen molar-refractivity contribution < 1.29 is 17.9 Å². The summed E-state index contributed by atoms with van der Waals surface area (Å²) in [6.07, 6.45) is 2.85. The first kappa shape index (κ1) is 11.5. The van der Waals surface area contributed by atoms with E-state index in [9.17, 15) is 13.2 Å². The van der Waals surface area contributed by atoms with Gasteiger partial charge in [0, 0.05) is 12.4 Å². The molecule has 0 radical (unpaired) electrons. The second-order valence-corrected chi connectivity index (χ2v) is 4.33. The van der Waals surface area contributed by atoms with Crippen molar-refractivity contribution in [3.8, 4) is 0 Å². The maximum Gasteiger partial charge on any atom is 0.323 e. The first-order valence-electron chi connectivity index (χ1n) is 4.19. The van der Waals surface area contributed by atoms with Crippen LogP contribution < -0.4 is 4.72 Å². The van der Waals surface area contributed by atoms with Crippen molar-refractivity contribution in [2.24, 2.45) is 0 Å². The molecule has 0 aliphatic rings. The fraction of sp³-hybridized carbons (Fsp3) is 0.429. The first-order chi connectivity index (χ1) is 7.03. The van der Waals surface area contributed by atoms with Crippen LogP contribution in [0.5, 0.6) is 0 Å². The number of sulfonamides is 1. The lowest BCUT2D eigenvalue weighted by molar-refractivity contribution is -0.139. The number of aromatic nitrogens is 2. The number of hydrogen-bond acceptors (Lipinski definition) is 5. The average Bonchev–Trinajstić information content (AvgIpc) is 2.54. The second-order valence-electron chi connectivity index (χ2n) is 2.60. The lowest BCUT2D eigenvalue weighted by Crippen LogP contribution is -2.24. The Balaban J connectivity index is 2.57. The Hall–Kier alpha value is -1.57. The quantitative estimate of drug-likeness (QED) is 0.681. The predicted molar refractivity (Wildman–Crippen MR) is 52.6 cm³/mol. The Morgan fingerprint density at radius 2 is 2.40 bits per heavy atom. The molecule has 1 aromatic rings. The van der Waals surface area contributed by atoms with E-state index < -0.39 is 21.7 Å². The minimum absolute atomic E-state index is 0.0688. The molecule has 0 amide bonds. The van der Waals surface area contributed by atoms with Gasteiger partial charge in [-0.05, 0) is 6.92 Å². The average molecular weight is 233 g/mol. The van der Waals surface area contributed by atoms with Crippen molar-refractivity contribution >= 4 is 21.9 Å². The van der Waals surface area contributed by atoms with Crippen molar-refractivity contribution in [3.05, 3.63) is 12.4 Å². The third-order valence-electron chi connectivity index (χ3n) is 1.36. The van der Waals surface area contributed by atoms with E-state index in [2.05, 4.69) is 19.4 Å². The van der Waals surface area contributed by atoms with E-state index in [1.807, 2.05) is 0 Å². The zero-order chi connectivity index (χ0) is 11.3. The summed E-state index contributed by atoms with van der Waals surface area (Å²) >= 11 is 0. The number of nitrogens with one attached hydrogen (secondary N) is 2. The molecule has 1 aromatic heterocycles. The highest BCUT2D eigenvalue weighted by atomic mass is 32.2. The number of H-pyrrole nitrogens is 1. The largest absolute Gasteiger partial charge is 0.465 e. The number of carbonyl (C=O) groups is 1. The Labute approximate surface area is 86.9 Å². The molecule has 7 nitrogen and oxygen atoms in total. The number of hydrogen-bond donors (Lipinski definition) is 2. The molecule has 0 atom stereocenters. The lowest BCUT2D eigenvalue weighted by Gasteiger charge is -2.04. The van der Waals surface area contributed by atoms with Gasteiger partial charge in [0.15, 0.2) is 5.75 Å². The third kappa shape index (κ3) is 3.98. The van der Waals surface area contributed by atoms with Crippen LogP contribution in [0.15, 0.2) is 12.4 Å². The number of nitrogens with zero attached hydrogens (tertiary/aromatic N) is 1. The second kappa shape index (κ2) is 4.78. The van der Waals surface area contributed by atoms with E-state index in [4.69, 9.17) is 0 Å². The molecule has 0 saturated carbocycles. The van der Waals surface area contributed by atoms with Gasteiger partial charge >= 0.3 is 5.97 Å². The van der Waals surface area contributed by atoms with Crippen molar-refractivity contribution in [1.29, 1.82) is 0 Å². The summed E-state index contributed by atoms with van der Waals surface area (Å²) in [4.78, 5) is 17.1. The summed E-state index contributed by atoms with van der Waals surface area (Å²) in [5.41, 5.74) is 0. The number of anilines is 1. The maximum atomic E-state index is 11.3. The molecule has 8 heteroatoms. The monoisotopic (exact) mass is 233 g/mol. The number of rotatable bonds is 5. The molecule has 0 spiro atoms. The molecular weight excluding hydrogens is 222 g/mol. The molecule has 0 bridgehead atoms. The zero-order valence-corrected chi connectivity index (χ0v) is 8.87. The molecule has 1 heterocycles. The standard InChI is InChI=1S/C7H11N3O4S/c1-2-14-6(11)5-15(12,13)10-7-8-3-4-9-7/h3-4H,2,5H2,1H3,(H2,8,9,10). The Kier molecular flexibility index (Phi) is 3.67. The van der Waals surface area contributed by atoms with Crippen LogP contribution in [-0.2, 0) is 19.6 Å². The zero-order valence-electron chi connectivity index (χ0n) is 8.06. The highest BCUT2D eigenvalue weighted by Crippen LogP contribution is 2.00. The molecule has 15 heavy (non-hydrogen) atoms. The molecule has 2 N–H and O–H groups in total. The van der Waals surface area contributed by atoms with Gasteiger partial charge < -0.3 is 9.72 Å². The fourth-order valence-corrected chi connectivity index (χ4v) is 1.73. The highest BCUT2D eigenvalue weighted by molar-refractivity contribution is 7.93. The molecule has 0 saturated heterocycles. The van der Waals surface area contributed by atoms with Crippen LogP contribution in [0.2, 0.25) is 0 Å². The van der Waals surface area contributed by atoms with Gasteiger partial charge in [-0.1, -0.05) is 0 Å². The van der Waals surface area contributed by atoms with Gasteiger partial charge in [-0.2, -0.15) is 0 Å². The molecule has 0 unspecified atom stereocenters. The summed E-state index contributed by atoms with van der Waals surface area (Å²) < 4.78 is 29.2. The minimum atomic E-state index is -3.74. The number of ether oxygens (including phenoxy) is 1. The normalized spacial score (nSPS) is 11.0. The Bertz CT molecular complexity index is 411. The van der Waals surface area contributed by atoms with Crippen molar-refractivity contribution in [2.75, 3.05) is 17.1 Å². The summed E-state index contributed by atoms with van der Waals surface area (Å²) in [5, 5.41) is 0. The van der Waals surface area contributed by atoms with E-state index in [1.54, 1.807) is 6.92 Å². The third-order valence-corrected chi connectivity index (χ3v) is 2.48. The SMILES string of the molecule is CCOC(=O)CS(=O)(=O)Nc1ncc[nH]1. The van der Waals surface area contributed by atoms with Crippen LogP contribution in [0.25, 0.3) is 0 Å². The van der Waals surface area contributed by atoms with Crippen molar-refractivity contribution in [1.82, 2.24) is 9.97 Å². The number of carbonyl (C=O) groups excluding carboxylic acids is 1. The number of imidazole rings is 1. The van der Waals surface area contributed by atoms with Crippen LogP contribution in [0.4, 0.5) is 5.95 Å². The maximum absolute atomic E-state index is 11.3. The lowest BCUT2D eigenvalue weighted by atomic mass is 10.8.